The van der Waals surface area contributed by atoms with E-state index in [1.54, 1.807) is 0 Å². The lowest BCUT2D eigenvalue weighted by atomic mass is 9.93. The van der Waals surface area contributed by atoms with Crippen molar-refractivity contribution in [2.75, 3.05) is 0 Å². The molecule has 1 heterocycles. The van der Waals surface area contributed by atoms with Crippen LogP contribution in [0.25, 0.3) is 0 Å². The molecule has 0 saturated heterocycles. The van der Waals surface area contributed by atoms with Gasteiger partial charge in [0, 0.05) is 6.42 Å². The predicted octanol–water partition coefficient (Wildman–Crippen LogP) is 3.36. The van der Waals surface area contributed by atoms with Crippen molar-refractivity contribution in [3.05, 3.63) is 46.7 Å². The van der Waals surface area contributed by atoms with Gasteiger partial charge in [0.15, 0.2) is 0 Å². The van der Waals surface area contributed by atoms with Crippen molar-refractivity contribution in [1.29, 1.82) is 0 Å². The molecule has 1 atom stereocenters. The SMILES string of the molecule is O=C(O)CCC(C(=O)O)C1(c2ccccc2)SC=CS1. The van der Waals surface area contributed by atoms with Crippen LogP contribution in [0.15, 0.2) is 41.1 Å². The van der Waals surface area contributed by atoms with Gasteiger partial charge in [-0.15, -0.1) is 23.5 Å². The molecule has 2 N–H and O–H groups in total. The Morgan fingerprint density at radius 2 is 1.70 bits per heavy atom. The van der Waals surface area contributed by atoms with Crippen LogP contribution in [0.2, 0.25) is 0 Å². The average molecular weight is 310 g/mol. The van der Waals surface area contributed by atoms with Crippen LogP contribution in [-0.2, 0) is 13.7 Å². The first-order chi connectivity index (χ1) is 9.56. The third-order valence-electron chi connectivity index (χ3n) is 3.12. The molecule has 0 radical (unpaired) electrons. The molecule has 4 nitrogen and oxygen atoms in total. The zero-order valence-electron chi connectivity index (χ0n) is 10.6. The molecule has 2 rings (SSSR count). The molecular formula is C14H14O4S2. The van der Waals surface area contributed by atoms with Gasteiger partial charge in [-0.05, 0) is 22.8 Å². The Kier molecular flexibility index (Phi) is 4.77. The predicted molar refractivity (Wildman–Crippen MR) is 80.4 cm³/mol. The third-order valence-corrected chi connectivity index (χ3v) is 6.16. The highest BCUT2D eigenvalue weighted by Gasteiger charge is 2.46. The summed E-state index contributed by atoms with van der Waals surface area (Å²) in [6, 6.07) is 9.40. The largest absolute Gasteiger partial charge is 0.481 e. The van der Waals surface area contributed by atoms with E-state index in [2.05, 4.69) is 0 Å². The quantitative estimate of drug-likeness (QED) is 0.839. The van der Waals surface area contributed by atoms with Crippen LogP contribution >= 0.6 is 23.5 Å². The average Bonchev–Trinajstić information content (AvgIpc) is 2.90. The molecule has 0 aromatic heterocycles. The molecular weight excluding hydrogens is 296 g/mol. The van der Waals surface area contributed by atoms with E-state index in [-0.39, 0.29) is 12.8 Å². The Morgan fingerprint density at radius 3 is 2.20 bits per heavy atom. The van der Waals surface area contributed by atoms with Crippen molar-refractivity contribution in [2.45, 2.75) is 16.9 Å². The summed E-state index contributed by atoms with van der Waals surface area (Å²) in [5, 5.41) is 22.1. The molecule has 1 aliphatic rings. The molecule has 1 unspecified atom stereocenters. The van der Waals surface area contributed by atoms with Gasteiger partial charge in [-0.1, -0.05) is 30.3 Å². The first kappa shape index (κ1) is 15.0. The maximum Gasteiger partial charge on any atom is 0.309 e. The number of carbonyl (C=O) groups is 2. The van der Waals surface area contributed by atoms with Gasteiger partial charge in [-0.3, -0.25) is 9.59 Å². The van der Waals surface area contributed by atoms with Crippen LogP contribution in [0, 0.1) is 5.92 Å². The summed E-state index contributed by atoms with van der Waals surface area (Å²) in [6.07, 6.45) is -0.0338. The molecule has 6 heteroatoms. The lowest BCUT2D eigenvalue weighted by Gasteiger charge is -2.33. The Hall–Kier alpha value is -1.40. The highest BCUT2D eigenvalue weighted by Crippen LogP contribution is 2.58. The van der Waals surface area contributed by atoms with Gasteiger partial charge in [0.1, 0.15) is 4.08 Å². The van der Waals surface area contributed by atoms with E-state index in [9.17, 15) is 14.7 Å². The van der Waals surface area contributed by atoms with Crippen LogP contribution in [-0.4, -0.2) is 22.2 Å². The lowest BCUT2D eigenvalue weighted by molar-refractivity contribution is -0.143. The monoisotopic (exact) mass is 310 g/mol. The fourth-order valence-corrected chi connectivity index (χ4v) is 4.92. The number of carboxylic acids is 2. The zero-order valence-corrected chi connectivity index (χ0v) is 12.2. The molecule has 0 amide bonds. The molecule has 1 aromatic carbocycles. The van der Waals surface area contributed by atoms with Gasteiger partial charge in [-0.25, -0.2) is 0 Å². The summed E-state index contributed by atoms with van der Waals surface area (Å²) in [4.78, 5) is 22.4. The minimum atomic E-state index is -0.972. The van der Waals surface area contributed by atoms with E-state index in [0.717, 1.165) is 5.56 Å². The van der Waals surface area contributed by atoms with E-state index < -0.39 is 21.9 Å². The Morgan fingerprint density at radius 1 is 1.10 bits per heavy atom. The fraction of sp³-hybridized carbons (Fsp3) is 0.286. The van der Waals surface area contributed by atoms with Crippen LogP contribution < -0.4 is 0 Å². The molecule has 0 saturated carbocycles. The first-order valence-corrected chi connectivity index (χ1v) is 7.83. The van der Waals surface area contributed by atoms with Crippen LogP contribution in [0.4, 0.5) is 0 Å². The molecule has 1 aromatic rings. The standard InChI is InChI=1S/C14H14O4S2/c15-12(16)7-6-11(13(17)18)14(19-8-9-20-14)10-4-2-1-3-5-10/h1-5,8-9,11H,6-7H2,(H,15,16)(H,17,18). The topological polar surface area (TPSA) is 74.6 Å². The van der Waals surface area contributed by atoms with Gasteiger partial charge in [0.2, 0.25) is 0 Å². The van der Waals surface area contributed by atoms with E-state index in [0.29, 0.717) is 0 Å². The van der Waals surface area contributed by atoms with E-state index in [1.165, 1.54) is 23.5 Å². The number of rotatable bonds is 6. The molecule has 1 aliphatic heterocycles. The number of hydrogen-bond donors (Lipinski definition) is 2. The number of benzene rings is 1. The molecule has 106 valence electrons. The van der Waals surface area contributed by atoms with Crippen LogP contribution in [0.1, 0.15) is 18.4 Å². The maximum atomic E-state index is 11.6. The number of thioether (sulfide) groups is 2. The Balaban J connectivity index is 2.34. The van der Waals surface area contributed by atoms with Crippen molar-refractivity contribution in [1.82, 2.24) is 0 Å². The number of carboxylic acid groups (broad SMARTS) is 2. The molecule has 20 heavy (non-hydrogen) atoms. The summed E-state index contributed by atoms with van der Waals surface area (Å²) in [5.41, 5.74) is 0.901. The number of hydrogen-bond acceptors (Lipinski definition) is 4. The second-order valence-electron chi connectivity index (χ2n) is 4.36. The minimum absolute atomic E-state index is 0.112. The second kappa shape index (κ2) is 6.37. The molecule has 0 fully saturated rings. The zero-order chi connectivity index (χ0) is 14.6. The smallest absolute Gasteiger partial charge is 0.309 e. The van der Waals surface area contributed by atoms with Crippen LogP contribution in [0.3, 0.4) is 0 Å². The van der Waals surface area contributed by atoms with Gasteiger partial charge >= 0.3 is 11.9 Å². The molecule has 0 spiro atoms. The van der Waals surface area contributed by atoms with Crippen LogP contribution in [0.5, 0.6) is 0 Å². The summed E-state index contributed by atoms with van der Waals surface area (Å²) in [5.74, 6) is -2.69. The molecule has 0 aliphatic carbocycles. The summed E-state index contributed by atoms with van der Waals surface area (Å²) < 4.78 is -0.678. The van der Waals surface area contributed by atoms with Crippen molar-refractivity contribution >= 4 is 35.5 Å². The second-order valence-corrected chi connectivity index (χ2v) is 6.93. The highest BCUT2D eigenvalue weighted by atomic mass is 32.2. The van der Waals surface area contributed by atoms with E-state index in [4.69, 9.17) is 5.11 Å². The van der Waals surface area contributed by atoms with Crippen molar-refractivity contribution in [2.24, 2.45) is 5.92 Å². The minimum Gasteiger partial charge on any atom is -0.481 e. The fourth-order valence-electron chi connectivity index (χ4n) is 2.20. The van der Waals surface area contributed by atoms with Gasteiger partial charge in [0.25, 0.3) is 0 Å². The Bertz CT molecular complexity index is 519. The molecule has 0 bridgehead atoms. The lowest BCUT2D eigenvalue weighted by Crippen LogP contribution is -2.33. The van der Waals surface area contributed by atoms with Gasteiger partial charge in [0.05, 0.1) is 5.92 Å². The highest BCUT2D eigenvalue weighted by molar-refractivity contribution is 8.23. The van der Waals surface area contributed by atoms with Gasteiger partial charge in [-0.2, -0.15) is 0 Å². The summed E-state index contributed by atoms with van der Waals surface area (Å²) >= 11 is 2.88. The van der Waals surface area contributed by atoms with Crippen molar-refractivity contribution in [3.63, 3.8) is 0 Å². The van der Waals surface area contributed by atoms with Crippen molar-refractivity contribution in [3.8, 4) is 0 Å². The van der Waals surface area contributed by atoms with Gasteiger partial charge < -0.3 is 10.2 Å². The maximum absolute atomic E-state index is 11.6. The third kappa shape index (κ3) is 3.02. The summed E-state index contributed by atoms with van der Waals surface area (Å²) in [7, 11) is 0. The summed E-state index contributed by atoms with van der Waals surface area (Å²) in [6.45, 7) is 0. The normalized spacial score (nSPS) is 17.8. The van der Waals surface area contributed by atoms with E-state index in [1.807, 2.05) is 41.1 Å². The number of aliphatic carboxylic acids is 2. The first-order valence-electron chi connectivity index (χ1n) is 6.07. The van der Waals surface area contributed by atoms with E-state index >= 15 is 0 Å². The Labute approximate surface area is 125 Å². The van der Waals surface area contributed by atoms with Crippen molar-refractivity contribution < 1.29 is 19.8 Å².